The van der Waals surface area contributed by atoms with E-state index in [1.165, 1.54) is 70.6 Å². The van der Waals surface area contributed by atoms with Crippen LogP contribution in [0, 0.1) is 5.92 Å². The average molecular weight is 543 g/mol. The van der Waals surface area contributed by atoms with Crippen LogP contribution in [-0.2, 0) is 23.9 Å². The summed E-state index contributed by atoms with van der Waals surface area (Å²) >= 11 is 0. The zero-order chi connectivity index (χ0) is 28.7. The Hall–Kier alpha value is -2.12. The molecular formula is C30H54O8. The highest BCUT2D eigenvalue weighted by atomic mass is 16.6. The minimum absolute atomic E-state index is 0.0599. The van der Waals surface area contributed by atoms with Gasteiger partial charge in [-0.2, -0.15) is 0 Å². The molecule has 0 bridgehead atoms. The SMILES string of the molecule is CCCCCCCCCCCCCCCCCCC(C(=O)O)C(CC(=O)O)(OC(=O)CCCCC)C(=O)O. The number of hydrogen-bond donors (Lipinski definition) is 3. The smallest absolute Gasteiger partial charge is 0.349 e. The molecule has 0 aliphatic carbocycles. The van der Waals surface area contributed by atoms with Gasteiger partial charge in [-0.1, -0.05) is 129 Å². The van der Waals surface area contributed by atoms with E-state index in [0.29, 0.717) is 12.8 Å². The minimum Gasteiger partial charge on any atom is -0.481 e. The Morgan fingerprint density at radius 1 is 0.605 bits per heavy atom. The summed E-state index contributed by atoms with van der Waals surface area (Å²) in [5, 5.41) is 28.9. The summed E-state index contributed by atoms with van der Waals surface area (Å²) in [6.45, 7) is 4.18. The van der Waals surface area contributed by atoms with Crippen LogP contribution < -0.4 is 0 Å². The Morgan fingerprint density at radius 3 is 1.37 bits per heavy atom. The molecule has 0 radical (unpaired) electrons. The van der Waals surface area contributed by atoms with E-state index >= 15 is 0 Å². The quantitative estimate of drug-likeness (QED) is 0.0707. The van der Waals surface area contributed by atoms with Crippen molar-refractivity contribution in [3.63, 3.8) is 0 Å². The van der Waals surface area contributed by atoms with Crippen LogP contribution in [0.2, 0.25) is 0 Å². The first kappa shape index (κ1) is 35.9. The zero-order valence-electron chi connectivity index (χ0n) is 24.0. The van der Waals surface area contributed by atoms with Crippen LogP contribution in [0.5, 0.6) is 0 Å². The highest BCUT2D eigenvalue weighted by Gasteiger charge is 2.54. The molecule has 8 heteroatoms. The zero-order valence-corrected chi connectivity index (χ0v) is 24.0. The molecule has 0 aromatic carbocycles. The van der Waals surface area contributed by atoms with Crippen molar-refractivity contribution in [1.29, 1.82) is 0 Å². The number of carbonyl (C=O) groups is 4. The number of ether oxygens (including phenoxy) is 1. The topological polar surface area (TPSA) is 138 Å². The lowest BCUT2D eigenvalue weighted by molar-refractivity contribution is -0.195. The fraction of sp³-hybridized carbons (Fsp3) is 0.867. The fourth-order valence-electron chi connectivity index (χ4n) is 4.95. The van der Waals surface area contributed by atoms with Gasteiger partial charge in [0.1, 0.15) is 5.92 Å². The molecule has 2 unspecified atom stereocenters. The van der Waals surface area contributed by atoms with E-state index in [1.807, 2.05) is 6.92 Å². The molecule has 0 saturated heterocycles. The number of hydrogen-bond acceptors (Lipinski definition) is 5. The summed E-state index contributed by atoms with van der Waals surface area (Å²) in [5.41, 5.74) is -2.61. The van der Waals surface area contributed by atoms with Crippen molar-refractivity contribution in [1.82, 2.24) is 0 Å². The summed E-state index contributed by atoms with van der Waals surface area (Å²) in [5.74, 6) is -7.21. The molecule has 0 saturated carbocycles. The second kappa shape index (κ2) is 22.8. The van der Waals surface area contributed by atoms with Crippen molar-refractivity contribution in [3.8, 4) is 0 Å². The molecule has 0 amide bonds. The van der Waals surface area contributed by atoms with Crippen LogP contribution >= 0.6 is 0 Å². The first-order valence-electron chi connectivity index (χ1n) is 15.1. The highest BCUT2D eigenvalue weighted by Crippen LogP contribution is 2.33. The van der Waals surface area contributed by atoms with Gasteiger partial charge in [0.25, 0.3) is 0 Å². The van der Waals surface area contributed by atoms with E-state index in [2.05, 4.69) is 6.92 Å². The lowest BCUT2D eigenvalue weighted by atomic mass is 9.80. The normalized spacial score (nSPS) is 13.5. The minimum atomic E-state index is -2.61. The maximum absolute atomic E-state index is 12.3. The second-order valence-corrected chi connectivity index (χ2v) is 10.7. The van der Waals surface area contributed by atoms with Gasteiger partial charge in [-0.3, -0.25) is 14.4 Å². The van der Waals surface area contributed by atoms with Crippen molar-refractivity contribution in [2.24, 2.45) is 5.92 Å². The molecule has 0 aromatic rings. The molecule has 0 fully saturated rings. The van der Waals surface area contributed by atoms with E-state index in [1.54, 1.807) is 0 Å². The number of aliphatic carboxylic acids is 3. The van der Waals surface area contributed by atoms with E-state index in [0.717, 1.165) is 38.5 Å². The average Bonchev–Trinajstić information content (AvgIpc) is 2.85. The number of rotatable bonds is 27. The number of esters is 1. The standard InChI is InChI=1S/C30H54O8/c1-3-5-7-8-9-10-11-12-13-14-15-16-17-18-19-21-22-25(28(34)35)30(29(36)37,24-26(31)32)38-27(33)23-20-6-4-2/h25H,3-24H2,1-2H3,(H,31,32)(H,34,35)(H,36,37). The summed E-state index contributed by atoms with van der Waals surface area (Å²) < 4.78 is 5.16. The van der Waals surface area contributed by atoms with Crippen molar-refractivity contribution in [2.75, 3.05) is 0 Å². The third kappa shape index (κ3) is 16.7. The Bertz CT molecular complexity index is 663. The molecule has 0 aromatic heterocycles. The van der Waals surface area contributed by atoms with Gasteiger partial charge in [-0.05, 0) is 12.8 Å². The van der Waals surface area contributed by atoms with Crippen LogP contribution in [-0.4, -0.2) is 44.8 Å². The van der Waals surface area contributed by atoms with Crippen molar-refractivity contribution >= 4 is 23.9 Å². The largest absolute Gasteiger partial charge is 0.481 e. The maximum atomic E-state index is 12.3. The molecular weight excluding hydrogens is 488 g/mol. The molecule has 2 atom stereocenters. The number of carbonyl (C=O) groups excluding carboxylic acids is 1. The van der Waals surface area contributed by atoms with Gasteiger partial charge in [0.05, 0.1) is 6.42 Å². The van der Waals surface area contributed by atoms with E-state index in [4.69, 9.17) is 4.74 Å². The highest BCUT2D eigenvalue weighted by molar-refractivity contribution is 5.92. The predicted molar refractivity (Wildman–Crippen MR) is 148 cm³/mol. The lowest BCUT2D eigenvalue weighted by Crippen LogP contribution is -2.54. The lowest BCUT2D eigenvalue weighted by Gasteiger charge is -2.33. The summed E-state index contributed by atoms with van der Waals surface area (Å²) in [7, 11) is 0. The van der Waals surface area contributed by atoms with E-state index in [-0.39, 0.29) is 12.8 Å². The Kier molecular flexibility index (Phi) is 21.6. The van der Waals surface area contributed by atoms with E-state index in [9.17, 15) is 34.5 Å². The molecule has 3 N–H and O–H groups in total. The summed E-state index contributed by atoms with van der Waals surface area (Å²) in [4.78, 5) is 47.9. The molecule has 0 spiro atoms. The van der Waals surface area contributed by atoms with Crippen LogP contribution in [0.1, 0.15) is 155 Å². The Labute approximate surface area is 229 Å². The van der Waals surface area contributed by atoms with Crippen LogP contribution in [0.25, 0.3) is 0 Å². The number of unbranched alkanes of at least 4 members (excludes halogenated alkanes) is 17. The third-order valence-corrected chi connectivity index (χ3v) is 7.26. The van der Waals surface area contributed by atoms with Crippen molar-refractivity contribution < 1.29 is 39.2 Å². The molecule has 0 rings (SSSR count). The van der Waals surface area contributed by atoms with E-state index < -0.39 is 41.8 Å². The summed E-state index contributed by atoms with van der Waals surface area (Å²) in [6, 6.07) is 0. The third-order valence-electron chi connectivity index (χ3n) is 7.26. The molecule has 0 aliphatic heterocycles. The number of carboxylic acids is 3. The second-order valence-electron chi connectivity index (χ2n) is 10.7. The molecule has 222 valence electrons. The number of carboxylic acid groups (broad SMARTS) is 3. The van der Waals surface area contributed by atoms with Gasteiger partial charge in [0.15, 0.2) is 0 Å². The maximum Gasteiger partial charge on any atom is 0.349 e. The first-order valence-corrected chi connectivity index (χ1v) is 15.1. The van der Waals surface area contributed by atoms with Crippen molar-refractivity contribution in [3.05, 3.63) is 0 Å². The predicted octanol–water partition coefficient (Wildman–Crippen LogP) is 7.76. The molecule has 0 aliphatic rings. The van der Waals surface area contributed by atoms with Gasteiger partial charge in [0.2, 0.25) is 5.60 Å². The fourth-order valence-corrected chi connectivity index (χ4v) is 4.95. The van der Waals surface area contributed by atoms with Crippen LogP contribution in [0.4, 0.5) is 0 Å². The van der Waals surface area contributed by atoms with Gasteiger partial charge >= 0.3 is 23.9 Å². The first-order chi connectivity index (χ1) is 18.2. The van der Waals surface area contributed by atoms with Crippen molar-refractivity contribution in [2.45, 2.75) is 161 Å². The van der Waals surface area contributed by atoms with Gasteiger partial charge < -0.3 is 20.1 Å². The van der Waals surface area contributed by atoms with Crippen LogP contribution in [0.3, 0.4) is 0 Å². The Balaban J connectivity index is 4.45. The monoisotopic (exact) mass is 542 g/mol. The molecule has 8 nitrogen and oxygen atoms in total. The molecule has 38 heavy (non-hydrogen) atoms. The Morgan fingerprint density at radius 2 is 1.00 bits per heavy atom. The van der Waals surface area contributed by atoms with Gasteiger partial charge in [-0.15, -0.1) is 0 Å². The molecule has 0 heterocycles. The van der Waals surface area contributed by atoms with Gasteiger partial charge in [0, 0.05) is 6.42 Å². The summed E-state index contributed by atoms with van der Waals surface area (Å²) in [6.07, 6.45) is 19.4. The van der Waals surface area contributed by atoms with Crippen LogP contribution in [0.15, 0.2) is 0 Å². The van der Waals surface area contributed by atoms with Gasteiger partial charge in [-0.25, -0.2) is 4.79 Å².